The van der Waals surface area contributed by atoms with E-state index in [0.29, 0.717) is 28.7 Å². The van der Waals surface area contributed by atoms with Crippen LogP contribution in [0.1, 0.15) is 30.9 Å². The lowest BCUT2D eigenvalue weighted by molar-refractivity contribution is -0.171. The molecule has 0 radical (unpaired) electrons. The zero-order valence-electron chi connectivity index (χ0n) is 15.2. The fourth-order valence-corrected chi connectivity index (χ4v) is 3.76. The van der Waals surface area contributed by atoms with Gasteiger partial charge in [0.05, 0.1) is 14.2 Å². The second-order valence-electron chi connectivity index (χ2n) is 6.75. The summed E-state index contributed by atoms with van der Waals surface area (Å²) in [5, 5.41) is 10.9. The van der Waals surface area contributed by atoms with Crippen LogP contribution in [0.3, 0.4) is 0 Å². The van der Waals surface area contributed by atoms with Gasteiger partial charge in [0.25, 0.3) is 0 Å². The van der Waals surface area contributed by atoms with E-state index in [9.17, 15) is 5.11 Å². The first-order valence-corrected chi connectivity index (χ1v) is 8.52. The first kappa shape index (κ1) is 16.8. The monoisotopic (exact) mass is 358 g/mol. The Balaban J connectivity index is 1.94. The summed E-state index contributed by atoms with van der Waals surface area (Å²) in [6, 6.07) is 9.45. The zero-order chi connectivity index (χ0) is 18.5. The highest BCUT2D eigenvalue weighted by Gasteiger charge is 2.45. The summed E-state index contributed by atoms with van der Waals surface area (Å²) in [6.07, 6.45) is 0. The van der Waals surface area contributed by atoms with Crippen molar-refractivity contribution in [3.63, 3.8) is 0 Å². The quantitative estimate of drug-likeness (QED) is 0.908. The number of fused-ring (bicyclic) bond motifs is 2. The molecule has 26 heavy (non-hydrogen) atoms. The topological polar surface area (TPSA) is 66.4 Å². The highest BCUT2D eigenvalue weighted by atomic mass is 16.7. The molecular formula is C20H22O6. The van der Waals surface area contributed by atoms with Gasteiger partial charge in [0, 0.05) is 36.0 Å². The van der Waals surface area contributed by atoms with Crippen LogP contribution in [0.5, 0.6) is 28.7 Å². The highest BCUT2D eigenvalue weighted by Crippen LogP contribution is 2.53. The average Bonchev–Trinajstić information content (AvgIpc) is 3.07. The molecule has 0 spiro atoms. The summed E-state index contributed by atoms with van der Waals surface area (Å²) in [5.41, 5.74) is 1.84. The maximum Gasteiger partial charge on any atom is 0.231 e. The molecule has 138 valence electrons. The molecule has 0 amide bonds. The maximum absolute atomic E-state index is 10.9. The van der Waals surface area contributed by atoms with Gasteiger partial charge in [-0.3, -0.25) is 0 Å². The van der Waals surface area contributed by atoms with Gasteiger partial charge in [-0.2, -0.15) is 0 Å². The Morgan fingerprint density at radius 2 is 1.77 bits per heavy atom. The Labute approximate surface area is 152 Å². The van der Waals surface area contributed by atoms with Gasteiger partial charge in [-0.05, 0) is 12.1 Å². The Morgan fingerprint density at radius 1 is 1.04 bits per heavy atom. The molecule has 0 saturated carbocycles. The van der Waals surface area contributed by atoms with Crippen molar-refractivity contribution in [1.29, 1.82) is 0 Å². The second-order valence-corrected chi connectivity index (χ2v) is 6.75. The van der Waals surface area contributed by atoms with Crippen molar-refractivity contribution in [3.8, 4) is 28.7 Å². The van der Waals surface area contributed by atoms with Gasteiger partial charge in [0.2, 0.25) is 12.6 Å². The van der Waals surface area contributed by atoms with Gasteiger partial charge in [-0.1, -0.05) is 19.1 Å². The van der Waals surface area contributed by atoms with Crippen LogP contribution in [-0.4, -0.2) is 31.9 Å². The van der Waals surface area contributed by atoms with Crippen molar-refractivity contribution in [2.75, 3.05) is 21.0 Å². The fourth-order valence-electron chi connectivity index (χ4n) is 3.76. The Bertz CT molecular complexity index is 844. The first-order valence-electron chi connectivity index (χ1n) is 8.52. The standard InChI is InChI=1S/C20H22O6/c1-11-18(12-6-5-7-14(22-3)19(12)23-4)13-8-16-17(25-10-24-16)9-15(13)26-20(11,2)21/h5-9,11,18,21H,10H2,1-4H3/t11-,18+,20+/m0/s1. The lowest BCUT2D eigenvalue weighted by atomic mass is 9.75. The van der Waals surface area contributed by atoms with E-state index in [2.05, 4.69) is 0 Å². The van der Waals surface area contributed by atoms with Gasteiger partial charge in [-0.15, -0.1) is 0 Å². The molecule has 0 unspecified atom stereocenters. The molecule has 0 aromatic heterocycles. The van der Waals surface area contributed by atoms with Gasteiger partial charge in [-0.25, -0.2) is 0 Å². The van der Waals surface area contributed by atoms with Gasteiger partial charge < -0.3 is 28.8 Å². The Hall–Kier alpha value is -2.60. The Morgan fingerprint density at radius 3 is 2.46 bits per heavy atom. The summed E-state index contributed by atoms with van der Waals surface area (Å²) < 4.78 is 28.0. The summed E-state index contributed by atoms with van der Waals surface area (Å²) in [4.78, 5) is 0. The lowest BCUT2D eigenvalue weighted by Crippen LogP contribution is -2.45. The van der Waals surface area contributed by atoms with E-state index in [4.69, 9.17) is 23.7 Å². The van der Waals surface area contributed by atoms with Crippen LogP contribution in [0, 0.1) is 5.92 Å². The number of benzene rings is 2. The highest BCUT2D eigenvalue weighted by molar-refractivity contribution is 5.59. The van der Waals surface area contributed by atoms with Gasteiger partial charge in [0.1, 0.15) is 5.75 Å². The number of aliphatic hydroxyl groups is 1. The van der Waals surface area contributed by atoms with E-state index in [0.717, 1.165) is 11.1 Å². The molecule has 2 aromatic rings. The number of para-hydroxylation sites is 1. The van der Waals surface area contributed by atoms with E-state index in [-0.39, 0.29) is 18.6 Å². The maximum atomic E-state index is 10.9. The molecule has 4 rings (SSSR count). The normalized spacial score (nSPS) is 26.0. The zero-order valence-corrected chi connectivity index (χ0v) is 15.2. The molecule has 2 aliphatic rings. The van der Waals surface area contributed by atoms with E-state index < -0.39 is 5.79 Å². The molecule has 0 fully saturated rings. The van der Waals surface area contributed by atoms with E-state index in [1.807, 2.05) is 31.2 Å². The fraction of sp³-hybridized carbons (Fsp3) is 0.400. The third kappa shape index (κ3) is 2.44. The predicted molar refractivity (Wildman–Crippen MR) is 94.4 cm³/mol. The van der Waals surface area contributed by atoms with Gasteiger partial charge >= 0.3 is 0 Å². The third-order valence-corrected chi connectivity index (χ3v) is 5.27. The number of hydrogen-bond acceptors (Lipinski definition) is 6. The largest absolute Gasteiger partial charge is 0.493 e. The predicted octanol–water partition coefficient (Wildman–Crippen LogP) is 3.30. The minimum Gasteiger partial charge on any atom is -0.493 e. The van der Waals surface area contributed by atoms with Crippen molar-refractivity contribution in [1.82, 2.24) is 0 Å². The van der Waals surface area contributed by atoms with Crippen LogP contribution in [0.2, 0.25) is 0 Å². The summed E-state index contributed by atoms with van der Waals surface area (Å²) in [6.45, 7) is 3.80. The molecule has 6 heteroatoms. The van der Waals surface area contributed by atoms with Crippen molar-refractivity contribution >= 4 is 0 Å². The average molecular weight is 358 g/mol. The van der Waals surface area contributed by atoms with Crippen molar-refractivity contribution < 1.29 is 28.8 Å². The summed E-state index contributed by atoms with van der Waals surface area (Å²) in [7, 11) is 3.22. The summed E-state index contributed by atoms with van der Waals surface area (Å²) in [5.74, 6) is 1.40. The number of methoxy groups -OCH3 is 2. The van der Waals surface area contributed by atoms with E-state index in [1.165, 1.54) is 0 Å². The molecule has 3 atom stereocenters. The molecular weight excluding hydrogens is 336 g/mol. The molecule has 2 aromatic carbocycles. The van der Waals surface area contributed by atoms with E-state index >= 15 is 0 Å². The molecule has 2 aliphatic heterocycles. The summed E-state index contributed by atoms with van der Waals surface area (Å²) >= 11 is 0. The minimum absolute atomic E-state index is 0.173. The number of ether oxygens (including phenoxy) is 5. The van der Waals surface area contributed by atoms with Crippen molar-refractivity contribution in [2.45, 2.75) is 25.6 Å². The number of rotatable bonds is 3. The third-order valence-electron chi connectivity index (χ3n) is 5.27. The second kappa shape index (κ2) is 5.99. The SMILES string of the molecule is COc1cccc([C@@H]2c3cc4c(cc3O[C@@](C)(O)[C@H]2C)OCO4)c1OC. The van der Waals surface area contributed by atoms with Crippen LogP contribution in [-0.2, 0) is 0 Å². The lowest BCUT2D eigenvalue weighted by Gasteiger charge is -2.42. The molecule has 0 saturated heterocycles. The van der Waals surface area contributed by atoms with Crippen LogP contribution in [0.25, 0.3) is 0 Å². The molecule has 0 bridgehead atoms. The molecule has 1 N–H and O–H groups in total. The molecule has 2 heterocycles. The van der Waals surface area contributed by atoms with Crippen LogP contribution in [0.4, 0.5) is 0 Å². The van der Waals surface area contributed by atoms with Crippen LogP contribution in [0.15, 0.2) is 30.3 Å². The molecule has 6 nitrogen and oxygen atoms in total. The first-order chi connectivity index (χ1) is 12.5. The number of hydrogen-bond donors (Lipinski definition) is 1. The molecule has 0 aliphatic carbocycles. The smallest absolute Gasteiger partial charge is 0.231 e. The van der Waals surface area contributed by atoms with E-state index in [1.54, 1.807) is 27.2 Å². The van der Waals surface area contributed by atoms with Crippen LogP contribution < -0.4 is 23.7 Å². The minimum atomic E-state index is -1.35. The van der Waals surface area contributed by atoms with Crippen molar-refractivity contribution in [3.05, 3.63) is 41.5 Å². The van der Waals surface area contributed by atoms with Crippen molar-refractivity contribution in [2.24, 2.45) is 5.92 Å². The van der Waals surface area contributed by atoms with Crippen LogP contribution >= 0.6 is 0 Å². The Kier molecular flexibility index (Phi) is 3.88. The van der Waals surface area contributed by atoms with Gasteiger partial charge in [0.15, 0.2) is 23.0 Å².